The summed E-state index contributed by atoms with van der Waals surface area (Å²) in [6.07, 6.45) is -0.00186. The first kappa shape index (κ1) is 15.5. The average molecular weight is 304 g/mol. The lowest BCUT2D eigenvalue weighted by molar-refractivity contribution is 0.0990. The van der Waals surface area contributed by atoms with E-state index in [1.165, 1.54) is 14.2 Å². The summed E-state index contributed by atoms with van der Waals surface area (Å²) < 4.78 is 10.3. The van der Waals surface area contributed by atoms with Crippen LogP contribution in [-0.4, -0.2) is 35.3 Å². The van der Waals surface area contributed by atoms with E-state index in [9.17, 15) is 20.1 Å². The van der Waals surface area contributed by atoms with E-state index in [4.69, 9.17) is 9.47 Å². The number of benzene rings is 2. The number of hydrogen-bond acceptors (Lipinski definition) is 6. The summed E-state index contributed by atoms with van der Waals surface area (Å²) in [6.45, 7) is 0. The number of methoxy groups -OCH3 is 2. The molecule has 22 heavy (non-hydrogen) atoms. The minimum Gasteiger partial charge on any atom is -0.507 e. The van der Waals surface area contributed by atoms with Crippen LogP contribution in [0, 0.1) is 0 Å². The van der Waals surface area contributed by atoms with Gasteiger partial charge in [-0.2, -0.15) is 0 Å². The molecule has 2 rings (SSSR count). The molecule has 0 aliphatic carbocycles. The molecule has 0 heterocycles. The Hall–Kier alpha value is -2.89. The number of rotatable bonds is 5. The molecule has 0 aliphatic rings. The molecule has 116 valence electrons. The van der Waals surface area contributed by atoms with Crippen LogP contribution in [-0.2, 0) is 6.42 Å². The van der Waals surface area contributed by atoms with Gasteiger partial charge in [0.15, 0.2) is 28.8 Å². The number of Topliss-reactive ketones (excluding diaryl/α,β-unsaturated/α-hetero) is 1. The van der Waals surface area contributed by atoms with Crippen LogP contribution in [0.4, 0.5) is 0 Å². The highest BCUT2D eigenvalue weighted by atomic mass is 16.5. The summed E-state index contributed by atoms with van der Waals surface area (Å²) >= 11 is 0. The molecule has 0 saturated carbocycles. The van der Waals surface area contributed by atoms with Crippen molar-refractivity contribution in [1.82, 2.24) is 0 Å². The van der Waals surface area contributed by atoms with Crippen LogP contribution in [0.25, 0.3) is 0 Å². The van der Waals surface area contributed by atoms with Gasteiger partial charge in [-0.1, -0.05) is 6.07 Å². The Morgan fingerprint density at radius 3 is 2.18 bits per heavy atom. The van der Waals surface area contributed by atoms with E-state index in [2.05, 4.69) is 0 Å². The number of ether oxygens (including phenoxy) is 2. The minimum absolute atomic E-state index is 0.00186. The predicted molar refractivity (Wildman–Crippen MR) is 79.0 cm³/mol. The molecular formula is C16H16O6. The lowest BCUT2D eigenvalue weighted by Crippen LogP contribution is -2.04. The number of hydrogen-bond donors (Lipinski definition) is 3. The number of phenols is 3. The Morgan fingerprint density at radius 1 is 0.909 bits per heavy atom. The first-order valence-electron chi connectivity index (χ1n) is 6.45. The Balaban J connectivity index is 2.27. The fourth-order valence-electron chi connectivity index (χ4n) is 2.06. The maximum Gasteiger partial charge on any atom is 0.171 e. The fourth-order valence-corrected chi connectivity index (χ4v) is 2.06. The summed E-state index contributed by atoms with van der Waals surface area (Å²) in [6, 6.07) is 7.01. The summed E-state index contributed by atoms with van der Waals surface area (Å²) in [7, 11) is 3.01. The number of ketones is 1. The second-order valence-corrected chi connectivity index (χ2v) is 4.65. The second kappa shape index (κ2) is 6.26. The highest BCUT2D eigenvalue weighted by Crippen LogP contribution is 2.33. The van der Waals surface area contributed by atoms with E-state index in [1.54, 1.807) is 18.2 Å². The normalized spacial score (nSPS) is 10.3. The first-order valence-corrected chi connectivity index (χ1v) is 6.45. The monoisotopic (exact) mass is 304 g/mol. The first-order chi connectivity index (χ1) is 10.5. The molecule has 0 aromatic heterocycles. The lowest BCUT2D eigenvalue weighted by Gasteiger charge is -2.10. The number of aromatic hydroxyl groups is 3. The van der Waals surface area contributed by atoms with Crippen molar-refractivity contribution in [3.63, 3.8) is 0 Å². The molecule has 0 bridgehead atoms. The Morgan fingerprint density at radius 2 is 1.55 bits per heavy atom. The zero-order valence-corrected chi connectivity index (χ0v) is 12.2. The van der Waals surface area contributed by atoms with Gasteiger partial charge < -0.3 is 24.8 Å². The third-order valence-electron chi connectivity index (χ3n) is 3.21. The van der Waals surface area contributed by atoms with Gasteiger partial charge in [-0.05, 0) is 23.8 Å². The average Bonchev–Trinajstić information content (AvgIpc) is 2.50. The smallest absolute Gasteiger partial charge is 0.171 e. The zero-order valence-electron chi connectivity index (χ0n) is 12.2. The van der Waals surface area contributed by atoms with Crippen LogP contribution in [0.15, 0.2) is 30.3 Å². The molecule has 0 fully saturated rings. The summed E-state index contributed by atoms with van der Waals surface area (Å²) in [5.74, 6) is -0.705. The van der Waals surface area contributed by atoms with Gasteiger partial charge in [0.1, 0.15) is 5.75 Å². The van der Waals surface area contributed by atoms with Gasteiger partial charge in [0.05, 0.1) is 19.8 Å². The van der Waals surface area contributed by atoms with E-state index in [0.717, 1.165) is 12.1 Å². The standard InChI is InChI=1S/C16H16O6/c1-21-15-4-3-9(6-16(15)22-2)5-11(17)10-7-13(19)14(20)8-12(10)18/h3-4,6-8,18-20H,5H2,1-2H3. The molecule has 0 amide bonds. The van der Waals surface area contributed by atoms with Crippen molar-refractivity contribution >= 4 is 5.78 Å². The van der Waals surface area contributed by atoms with Gasteiger partial charge in [-0.25, -0.2) is 0 Å². The highest BCUT2D eigenvalue weighted by Gasteiger charge is 2.16. The Labute approximate surface area is 127 Å². The van der Waals surface area contributed by atoms with Crippen LogP contribution >= 0.6 is 0 Å². The molecule has 0 atom stereocenters. The number of carbonyl (C=O) groups excluding carboxylic acids is 1. The molecule has 0 unspecified atom stereocenters. The largest absolute Gasteiger partial charge is 0.507 e. The predicted octanol–water partition coefficient (Wildman–Crippen LogP) is 2.25. The lowest BCUT2D eigenvalue weighted by atomic mass is 10.0. The number of carbonyl (C=O) groups is 1. The van der Waals surface area contributed by atoms with Crippen molar-refractivity contribution < 1.29 is 29.6 Å². The van der Waals surface area contributed by atoms with Crippen LogP contribution in [0.3, 0.4) is 0 Å². The molecule has 2 aromatic carbocycles. The molecule has 6 heteroatoms. The molecule has 0 radical (unpaired) electrons. The van der Waals surface area contributed by atoms with E-state index >= 15 is 0 Å². The highest BCUT2D eigenvalue weighted by molar-refractivity contribution is 6.00. The Kier molecular flexibility index (Phi) is 4.41. The minimum atomic E-state index is -0.486. The topological polar surface area (TPSA) is 96.2 Å². The SMILES string of the molecule is COc1ccc(CC(=O)c2cc(O)c(O)cc2O)cc1OC. The van der Waals surface area contributed by atoms with Crippen molar-refractivity contribution in [3.05, 3.63) is 41.5 Å². The molecule has 6 nitrogen and oxygen atoms in total. The molecule has 3 N–H and O–H groups in total. The van der Waals surface area contributed by atoms with Gasteiger partial charge in [-0.3, -0.25) is 4.79 Å². The van der Waals surface area contributed by atoms with E-state index in [-0.39, 0.29) is 17.7 Å². The van der Waals surface area contributed by atoms with Gasteiger partial charge in [0.2, 0.25) is 0 Å². The van der Waals surface area contributed by atoms with Crippen molar-refractivity contribution in [3.8, 4) is 28.7 Å². The number of phenolic OH excluding ortho intramolecular Hbond substituents is 3. The van der Waals surface area contributed by atoms with E-state index < -0.39 is 17.3 Å². The summed E-state index contributed by atoms with van der Waals surface area (Å²) in [5, 5.41) is 28.4. The maximum absolute atomic E-state index is 12.2. The van der Waals surface area contributed by atoms with E-state index in [1.807, 2.05) is 0 Å². The van der Waals surface area contributed by atoms with Crippen LogP contribution < -0.4 is 9.47 Å². The van der Waals surface area contributed by atoms with Gasteiger partial charge in [0.25, 0.3) is 0 Å². The maximum atomic E-state index is 12.2. The second-order valence-electron chi connectivity index (χ2n) is 4.65. The molecule has 2 aromatic rings. The molecule has 0 spiro atoms. The summed E-state index contributed by atoms with van der Waals surface area (Å²) in [5.41, 5.74) is 0.597. The van der Waals surface area contributed by atoms with Crippen molar-refractivity contribution in [2.45, 2.75) is 6.42 Å². The zero-order chi connectivity index (χ0) is 16.3. The van der Waals surface area contributed by atoms with Crippen molar-refractivity contribution in [1.29, 1.82) is 0 Å². The third kappa shape index (κ3) is 3.06. The van der Waals surface area contributed by atoms with Gasteiger partial charge in [-0.15, -0.1) is 0 Å². The van der Waals surface area contributed by atoms with Gasteiger partial charge in [0, 0.05) is 12.5 Å². The summed E-state index contributed by atoms with van der Waals surface area (Å²) in [4.78, 5) is 12.2. The van der Waals surface area contributed by atoms with Crippen LogP contribution in [0.2, 0.25) is 0 Å². The fraction of sp³-hybridized carbons (Fsp3) is 0.188. The molecule has 0 saturated heterocycles. The van der Waals surface area contributed by atoms with Crippen LogP contribution in [0.1, 0.15) is 15.9 Å². The quantitative estimate of drug-likeness (QED) is 0.445. The van der Waals surface area contributed by atoms with Crippen molar-refractivity contribution in [2.24, 2.45) is 0 Å². The van der Waals surface area contributed by atoms with Gasteiger partial charge >= 0.3 is 0 Å². The molecular weight excluding hydrogens is 288 g/mol. The Bertz CT molecular complexity index is 708. The van der Waals surface area contributed by atoms with Crippen LogP contribution in [0.5, 0.6) is 28.7 Å². The third-order valence-corrected chi connectivity index (χ3v) is 3.21. The molecule has 0 aliphatic heterocycles. The van der Waals surface area contributed by atoms with E-state index in [0.29, 0.717) is 17.1 Å². The van der Waals surface area contributed by atoms with Crippen molar-refractivity contribution in [2.75, 3.05) is 14.2 Å².